The SMILES string of the molecule is CCOC(=O)N1CC2CCCN(C(=O)OCC)C2C1. The smallest absolute Gasteiger partial charge is 0.410 e. The number of amides is 2. The lowest BCUT2D eigenvalue weighted by Gasteiger charge is -2.35. The molecule has 2 rings (SSSR count). The van der Waals surface area contributed by atoms with E-state index in [1.165, 1.54) is 0 Å². The molecular formula is C13H22N2O4. The van der Waals surface area contributed by atoms with E-state index in [2.05, 4.69) is 0 Å². The Bertz CT molecular complexity index is 348. The Morgan fingerprint density at radius 1 is 1.11 bits per heavy atom. The first-order chi connectivity index (χ1) is 9.17. The summed E-state index contributed by atoms with van der Waals surface area (Å²) in [6, 6.07) is 0.0807. The normalized spacial score (nSPS) is 26.0. The molecule has 0 radical (unpaired) electrons. The Kier molecular flexibility index (Phi) is 4.50. The van der Waals surface area contributed by atoms with Gasteiger partial charge in [-0.2, -0.15) is 0 Å². The topological polar surface area (TPSA) is 59.1 Å². The first-order valence-corrected chi connectivity index (χ1v) is 7.02. The predicted molar refractivity (Wildman–Crippen MR) is 68.8 cm³/mol. The Morgan fingerprint density at radius 2 is 1.79 bits per heavy atom. The van der Waals surface area contributed by atoms with Crippen LogP contribution >= 0.6 is 0 Å². The lowest BCUT2D eigenvalue weighted by Crippen LogP contribution is -2.48. The number of nitrogens with zero attached hydrogens (tertiary/aromatic N) is 2. The first kappa shape index (κ1) is 14.0. The van der Waals surface area contributed by atoms with Gasteiger partial charge in [-0.15, -0.1) is 0 Å². The molecule has 0 aromatic rings. The van der Waals surface area contributed by atoms with Crippen LogP contribution in [0.25, 0.3) is 0 Å². The van der Waals surface area contributed by atoms with Crippen molar-refractivity contribution < 1.29 is 19.1 Å². The van der Waals surface area contributed by atoms with Crippen LogP contribution in [0.3, 0.4) is 0 Å². The van der Waals surface area contributed by atoms with E-state index in [0.717, 1.165) is 19.4 Å². The van der Waals surface area contributed by atoms with Gasteiger partial charge in [-0.1, -0.05) is 0 Å². The Labute approximate surface area is 113 Å². The fraction of sp³-hybridized carbons (Fsp3) is 0.846. The van der Waals surface area contributed by atoms with E-state index in [1.807, 2.05) is 0 Å². The van der Waals surface area contributed by atoms with Crippen molar-refractivity contribution in [2.45, 2.75) is 32.7 Å². The predicted octanol–water partition coefficient (Wildman–Crippen LogP) is 1.70. The molecule has 0 N–H and O–H groups in total. The molecule has 0 aliphatic carbocycles. The molecule has 6 heteroatoms. The summed E-state index contributed by atoms with van der Waals surface area (Å²) in [5.74, 6) is 0.350. The zero-order valence-electron chi connectivity index (χ0n) is 11.6. The van der Waals surface area contributed by atoms with Gasteiger partial charge >= 0.3 is 12.2 Å². The maximum absolute atomic E-state index is 11.9. The summed E-state index contributed by atoms with van der Waals surface area (Å²) in [5.41, 5.74) is 0. The zero-order chi connectivity index (χ0) is 13.8. The van der Waals surface area contributed by atoms with Gasteiger partial charge in [-0.3, -0.25) is 0 Å². The van der Waals surface area contributed by atoms with E-state index < -0.39 is 0 Å². The van der Waals surface area contributed by atoms with Crippen LogP contribution in [-0.2, 0) is 9.47 Å². The van der Waals surface area contributed by atoms with E-state index in [-0.39, 0.29) is 18.2 Å². The summed E-state index contributed by atoms with van der Waals surface area (Å²) in [7, 11) is 0. The van der Waals surface area contributed by atoms with E-state index in [4.69, 9.17) is 9.47 Å². The molecule has 0 spiro atoms. The van der Waals surface area contributed by atoms with Crippen LogP contribution < -0.4 is 0 Å². The monoisotopic (exact) mass is 270 g/mol. The molecule has 0 bridgehead atoms. The van der Waals surface area contributed by atoms with Gasteiger partial charge in [-0.25, -0.2) is 9.59 Å². The zero-order valence-corrected chi connectivity index (χ0v) is 11.6. The third-order valence-corrected chi connectivity index (χ3v) is 3.81. The van der Waals surface area contributed by atoms with Gasteiger partial charge in [0.2, 0.25) is 0 Å². The number of piperidine rings is 1. The summed E-state index contributed by atoms with van der Waals surface area (Å²) >= 11 is 0. The summed E-state index contributed by atoms with van der Waals surface area (Å²) in [4.78, 5) is 27.2. The van der Waals surface area contributed by atoms with Crippen LogP contribution in [-0.4, -0.2) is 60.9 Å². The maximum Gasteiger partial charge on any atom is 0.410 e. The van der Waals surface area contributed by atoms with Crippen molar-refractivity contribution in [3.63, 3.8) is 0 Å². The van der Waals surface area contributed by atoms with Crippen LogP contribution in [0.1, 0.15) is 26.7 Å². The highest BCUT2D eigenvalue weighted by atomic mass is 16.6. The van der Waals surface area contributed by atoms with Crippen molar-refractivity contribution in [2.75, 3.05) is 32.8 Å². The van der Waals surface area contributed by atoms with Crippen LogP contribution in [0.5, 0.6) is 0 Å². The molecule has 6 nitrogen and oxygen atoms in total. The van der Waals surface area contributed by atoms with Crippen LogP contribution in [0.2, 0.25) is 0 Å². The highest BCUT2D eigenvalue weighted by molar-refractivity contribution is 5.70. The van der Waals surface area contributed by atoms with E-state index in [1.54, 1.807) is 23.6 Å². The molecule has 2 aliphatic rings. The number of hydrogen-bond donors (Lipinski definition) is 0. The third-order valence-electron chi connectivity index (χ3n) is 3.81. The van der Waals surface area contributed by atoms with Crippen molar-refractivity contribution in [1.29, 1.82) is 0 Å². The summed E-state index contributed by atoms with van der Waals surface area (Å²) in [6.07, 6.45) is 1.48. The van der Waals surface area contributed by atoms with Crippen LogP contribution in [0, 0.1) is 5.92 Å². The fourth-order valence-corrected chi connectivity index (χ4v) is 2.98. The number of likely N-dealkylation sites (tertiary alicyclic amines) is 2. The largest absolute Gasteiger partial charge is 0.450 e. The molecule has 2 saturated heterocycles. The minimum atomic E-state index is -0.277. The molecule has 0 saturated carbocycles. The van der Waals surface area contributed by atoms with Crippen molar-refractivity contribution in [3.8, 4) is 0 Å². The fourth-order valence-electron chi connectivity index (χ4n) is 2.98. The van der Waals surface area contributed by atoms with Gasteiger partial charge in [0, 0.05) is 19.6 Å². The second-order valence-corrected chi connectivity index (χ2v) is 4.97. The molecule has 0 aromatic heterocycles. The number of rotatable bonds is 2. The van der Waals surface area contributed by atoms with Crippen molar-refractivity contribution >= 4 is 12.2 Å². The van der Waals surface area contributed by atoms with Crippen LogP contribution in [0.15, 0.2) is 0 Å². The minimum Gasteiger partial charge on any atom is -0.450 e. The highest BCUT2D eigenvalue weighted by Gasteiger charge is 2.43. The standard InChI is InChI=1S/C13H22N2O4/c1-3-18-12(16)14-8-10-6-5-7-15(11(10)9-14)13(17)19-4-2/h10-11H,3-9H2,1-2H3. The second-order valence-electron chi connectivity index (χ2n) is 4.97. The maximum atomic E-state index is 11.9. The van der Waals surface area contributed by atoms with Gasteiger partial charge in [0.05, 0.1) is 19.3 Å². The average molecular weight is 270 g/mol. The molecule has 2 heterocycles. The van der Waals surface area contributed by atoms with E-state index in [9.17, 15) is 9.59 Å². The average Bonchev–Trinajstić information content (AvgIpc) is 2.82. The number of fused-ring (bicyclic) bond motifs is 1. The Morgan fingerprint density at radius 3 is 2.47 bits per heavy atom. The molecule has 2 atom stereocenters. The van der Waals surface area contributed by atoms with Crippen molar-refractivity contribution in [3.05, 3.63) is 0 Å². The van der Waals surface area contributed by atoms with Crippen LogP contribution in [0.4, 0.5) is 9.59 Å². The molecule has 19 heavy (non-hydrogen) atoms. The third kappa shape index (κ3) is 2.93. The van der Waals surface area contributed by atoms with Gasteiger partial charge in [0.25, 0.3) is 0 Å². The number of carbonyl (C=O) groups is 2. The molecule has 108 valence electrons. The molecular weight excluding hydrogens is 248 g/mol. The molecule has 2 fully saturated rings. The molecule has 2 aliphatic heterocycles. The number of ether oxygens (including phenoxy) is 2. The first-order valence-electron chi connectivity index (χ1n) is 7.02. The Hall–Kier alpha value is -1.46. The molecule has 0 aromatic carbocycles. The lowest BCUT2D eigenvalue weighted by molar-refractivity contribution is 0.0679. The quantitative estimate of drug-likeness (QED) is 0.766. The lowest BCUT2D eigenvalue weighted by atomic mass is 9.92. The van der Waals surface area contributed by atoms with Gasteiger partial charge < -0.3 is 19.3 Å². The van der Waals surface area contributed by atoms with Gasteiger partial charge in [0.15, 0.2) is 0 Å². The van der Waals surface area contributed by atoms with Crippen molar-refractivity contribution in [1.82, 2.24) is 9.80 Å². The van der Waals surface area contributed by atoms with E-state index >= 15 is 0 Å². The van der Waals surface area contributed by atoms with E-state index in [0.29, 0.717) is 32.2 Å². The summed E-state index contributed by atoms with van der Waals surface area (Å²) < 4.78 is 10.1. The Balaban J connectivity index is 2.00. The van der Waals surface area contributed by atoms with Crippen molar-refractivity contribution in [2.24, 2.45) is 5.92 Å². The summed E-state index contributed by atoms with van der Waals surface area (Å²) in [6.45, 7) is 6.32. The summed E-state index contributed by atoms with van der Waals surface area (Å²) in [5, 5.41) is 0. The number of carbonyl (C=O) groups excluding carboxylic acids is 2. The molecule has 2 amide bonds. The molecule has 2 unspecified atom stereocenters. The van der Waals surface area contributed by atoms with Gasteiger partial charge in [0.1, 0.15) is 0 Å². The highest BCUT2D eigenvalue weighted by Crippen LogP contribution is 2.31. The number of hydrogen-bond acceptors (Lipinski definition) is 4. The minimum absolute atomic E-state index is 0.0807. The second kappa shape index (κ2) is 6.12. The van der Waals surface area contributed by atoms with Gasteiger partial charge in [-0.05, 0) is 32.6 Å².